The third kappa shape index (κ3) is 4.05. The van der Waals surface area contributed by atoms with Crippen LogP contribution in [0, 0.1) is 0 Å². The maximum absolute atomic E-state index is 5.00. The molecule has 0 aromatic rings. The van der Waals surface area contributed by atoms with Crippen LogP contribution < -0.4 is 8.85 Å². The lowest BCUT2D eigenvalue weighted by Crippen LogP contribution is -2.36. The number of hydrogen-bond donors (Lipinski definition) is 2. The van der Waals surface area contributed by atoms with Crippen LogP contribution in [0.1, 0.15) is 13.8 Å². The molecule has 9 heavy (non-hydrogen) atoms. The maximum atomic E-state index is 5.00. The second-order valence-corrected chi connectivity index (χ2v) is 2.79. The van der Waals surface area contributed by atoms with Crippen LogP contribution in [0.4, 0.5) is 0 Å². The number of rotatable bonds is 3. The third-order valence-corrected chi connectivity index (χ3v) is 2.34. The number of hydrogen-bond acceptors (Lipinski definition) is 2. The zero-order valence-electron chi connectivity index (χ0n) is 5.57. The monoisotopic (exact) mass is 258 g/mol. The van der Waals surface area contributed by atoms with Crippen LogP contribution in [0.2, 0.25) is 0 Å². The summed E-state index contributed by atoms with van der Waals surface area (Å²) in [6.45, 7) is 4.96. The van der Waals surface area contributed by atoms with Gasteiger partial charge in [0.2, 0.25) is 0 Å². The smallest absolute Gasteiger partial charge is 0.0930 e. The van der Waals surface area contributed by atoms with E-state index in [2.05, 4.69) is 31.7 Å². The van der Waals surface area contributed by atoms with Crippen molar-refractivity contribution in [2.24, 2.45) is 0 Å². The Bertz CT molecular complexity index is 97.0. The van der Waals surface area contributed by atoms with Crippen molar-refractivity contribution in [3.63, 3.8) is 0 Å². The second-order valence-electron chi connectivity index (χ2n) is 1.73. The fraction of sp³-hybridized carbons (Fsp3) is 0.800. The highest BCUT2D eigenvalue weighted by molar-refractivity contribution is 14.1. The number of halogens is 1. The highest BCUT2D eigenvalue weighted by Gasteiger charge is 2.02. The van der Waals surface area contributed by atoms with Gasteiger partial charge in [-0.1, -0.05) is 12.2 Å². The van der Waals surface area contributed by atoms with E-state index in [1.165, 1.54) is 0 Å². The molecule has 1 atom stereocenters. The highest BCUT2D eigenvalue weighted by Crippen LogP contribution is 1.86. The average Bonchev–Trinajstić information content (AvgIpc) is 1.87. The molecule has 2 N–H and O–H groups in total. The Balaban J connectivity index is 3.46. The minimum Gasteiger partial charge on any atom is -0.379 e. The fourth-order valence-corrected chi connectivity index (χ4v) is 1.10. The molecule has 0 aromatic heterocycles. The number of likely N-dealkylation sites (N-methyl/N-ethyl adjacent to an activating group) is 1. The summed E-state index contributed by atoms with van der Waals surface area (Å²) in [7, 11) is 0. The largest absolute Gasteiger partial charge is 0.379 e. The summed E-state index contributed by atoms with van der Waals surface area (Å²) in [4.78, 5) is 0.881. The summed E-state index contributed by atoms with van der Waals surface area (Å²) in [6.07, 6.45) is 0. The molecule has 0 aromatic carbocycles. The maximum Gasteiger partial charge on any atom is 0.0930 e. The second kappa shape index (κ2) is 5.37. The number of nitrogens with one attached hydrogen (secondary N) is 2. The Labute approximate surface area is 75.3 Å². The van der Waals surface area contributed by atoms with E-state index in [1.807, 2.05) is 13.8 Å². The van der Waals surface area contributed by atoms with Crippen molar-refractivity contribution in [2.75, 3.05) is 6.54 Å². The Morgan fingerprint density at radius 1 is 1.78 bits per heavy atom. The predicted octanol–water partition coefficient (Wildman–Crippen LogP) is 1.25. The summed E-state index contributed by atoms with van der Waals surface area (Å²) in [6, 6.07) is 0.278. The normalized spacial score (nSPS) is 12.8. The molecule has 0 saturated carbocycles. The Hall–Kier alpha value is 0.580. The van der Waals surface area contributed by atoms with Gasteiger partial charge in [-0.05, 0) is 13.8 Å². The zero-order valence-corrected chi connectivity index (χ0v) is 8.54. The van der Waals surface area contributed by atoms with Gasteiger partial charge in [0.1, 0.15) is 0 Å². The summed E-state index contributed by atoms with van der Waals surface area (Å²) in [5, 5.41) is 3.06. The molecule has 0 radical (unpaired) electrons. The lowest BCUT2D eigenvalue weighted by Gasteiger charge is -2.10. The van der Waals surface area contributed by atoms with E-state index in [1.54, 1.807) is 0 Å². The molecule has 1 unspecified atom stereocenters. The van der Waals surface area contributed by atoms with Gasteiger partial charge in [-0.25, -0.2) is 0 Å². The summed E-state index contributed by atoms with van der Waals surface area (Å²) in [5.74, 6) is 0. The fourth-order valence-electron chi connectivity index (χ4n) is 0.377. The highest BCUT2D eigenvalue weighted by atomic mass is 127. The molecule has 0 saturated heterocycles. The van der Waals surface area contributed by atoms with Gasteiger partial charge in [0.05, 0.1) is 11.0 Å². The molecule has 0 rings (SSSR count). The van der Waals surface area contributed by atoms with E-state index in [0.29, 0.717) is 0 Å². The molecule has 4 heteroatoms. The van der Waals surface area contributed by atoms with Crippen LogP contribution in [0.3, 0.4) is 0 Å². The molecule has 0 heterocycles. The van der Waals surface area contributed by atoms with Crippen LogP contribution in [0.15, 0.2) is 0 Å². The minimum atomic E-state index is 0.278. The summed E-state index contributed by atoms with van der Waals surface area (Å²) < 4.78 is 3.02. The Morgan fingerprint density at radius 3 is 2.67 bits per heavy atom. The molecule has 0 aliphatic rings. The van der Waals surface area contributed by atoms with Crippen molar-refractivity contribution in [1.82, 2.24) is 8.85 Å². The Morgan fingerprint density at radius 2 is 2.33 bits per heavy atom. The zero-order chi connectivity index (χ0) is 7.28. The number of thiocarbonyl (C=S) groups is 1. The van der Waals surface area contributed by atoms with E-state index >= 15 is 0 Å². The summed E-state index contributed by atoms with van der Waals surface area (Å²) in [5.41, 5.74) is 0. The first-order chi connectivity index (χ1) is 4.22. The topological polar surface area (TPSA) is 24.1 Å². The molecule has 0 amide bonds. The van der Waals surface area contributed by atoms with E-state index < -0.39 is 0 Å². The van der Waals surface area contributed by atoms with Gasteiger partial charge in [0.25, 0.3) is 0 Å². The van der Waals surface area contributed by atoms with Crippen molar-refractivity contribution >= 4 is 40.1 Å². The van der Waals surface area contributed by atoms with E-state index in [9.17, 15) is 0 Å². The van der Waals surface area contributed by atoms with E-state index in [4.69, 9.17) is 12.2 Å². The minimum absolute atomic E-state index is 0.278. The molecule has 0 fully saturated rings. The van der Waals surface area contributed by atoms with E-state index in [-0.39, 0.29) is 6.04 Å². The van der Waals surface area contributed by atoms with Gasteiger partial charge < -0.3 is 5.32 Å². The third-order valence-electron chi connectivity index (χ3n) is 0.908. The van der Waals surface area contributed by atoms with Crippen LogP contribution >= 0.6 is 35.1 Å². The first kappa shape index (κ1) is 9.58. The van der Waals surface area contributed by atoms with Crippen molar-refractivity contribution in [3.05, 3.63) is 0 Å². The van der Waals surface area contributed by atoms with Gasteiger partial charge in [-0.15, -0.1) is 0 Å². The molecule has 0 aliphatic heterocycles. The first-order valence-electron chi connectivity index (χ1n) is 2.86. The van der Waals surface area contributed by atoms with Crippen molar-refractivity contribution in [1.29, 1.82) is 0 Å². The van der Waals surface area contributed by atoms with Crippen LogP contribution in [0.25, 0.3) is 0 Å². The molecule has 54 valence electrons. The van der Waals surface area contributed by atoms with Crippen LogP contribution in [-0.2, 0) is 0 Å². The molecule has 2 nitrogen and oxygen atoms in total. The predicted molar refractivity (Wildman–Crippen MR) is 52.9 cm³/mol. The van der Waals surface area contributed by atoms with Crippen molar-refractivity contribution < 1.29 is 0 Å². The van der Waals surface area contributed by atoms with Crippen molar-refractivity contribution in [3.8, 4) is 0 Å². The van der Waals surface area contributed by atoms with Gasteiger partial charge in [-0.2, -0.15) is 0 Å². The lowest BCUT2D eigenvalue weighted by molar-refractivity contribution is 0.861. The van der Waals surface area contributed by atoms with Crippen LogP contribution in [-0.4, -0.2) is 17.6 Å². The lowest BCUT2D eigenvalue weighted by atomic mass is 10.3. The van der Waals surface area contributed by atoms with Gasteiger partial charge in [0, 0.05) is 29.4 Å². The van der Waals surface area contributed by atoms with Gasteiger partial charge in [-0.3, -0.25) is 3.53 Å². The van der Waals surface area contributed by atoms with Crippen LogP contribution in [0.5, 0.6) is 0 Å². The summed E-state index contributed by atoms with van der Waals surface area (Å²) >= 11 is 7.09. The molecular weight excluding hydrogens is 247 g/mol. The van der Waals surface area contributed by atoms with Crippen molar-refractivity contribution in [2.45, 2.75) is 19.9 Å². The standard InChI is InChI=1S/C5H11IN2S/c1-3-7-5(9)4(2)8-6/h4,8H,3H2,1-2H3,(H,7,9). The molecule has 0 aliphatic carbocycles. The first-order valence-corrected chi connectivity index (χ1v) is 4.35. The quantitative estimate of drug-likeness (QED) is 0.452. The van der Waals surface area contributed by atoms with Gasteiger partial charge >= 0.3 is 0 Å². The average molecular weight is 258 g/mol. The van der Waals surface area contributed by atoms with Gasteiger partial charge in [0.15, 0.2) is 0 Å². The molecule has 0 bridgehead atoms. The SMILES string of the molecule is CCNC(=S)C(C)NI. The van der Waals surface area contributed by atoms with E-state index in [0.717, 1.165) is 11.5 Å². The molecular formula is C5H11IN2S. The molecule has 0 spiro atoms. The Kier molecular flexibility index (Phi) is 5.72.